The van der Waals surface area contributed by atoms with Crippen LogP contribution < -0.4 is 10.3 Å². The van der Waals surface area contributed by atoms with Gasteiger partial charge in [-0.2, -0.15) is 0 Å². The molecule has 2 aliphatic rings. The van der Waals surface area contributed by atoms with Crippen molar-refractivity contribution in [1.82, 2.24) is 10.3 Å². The lowest BCUT2D eigenvalue weighted by molar-refractivity contribution is 0.564. The average molecular weight is 168 g/mol. The molecule has 0 fully saturated rings. The lowest BCUT2D eigenvalue weighted by Gasteiger charge is -2.24. The van der Waals surface area contributed by atoms with Gasteiger partial charge < -0.3 is 4.55 Å². The highest BCUT2D eigenvalue weighted by molar-refractivity contribution is 7.90. The van der Waals surface area contributed by atoms with Gasteiger partial charge in [0.25, 0.3) is 0 Å². The van der Waals surface area contributed by atoms with E-state index >= 15 is 0 Å². The normalized spacial score (nSPS) is 34.1. The lowest BCUT2D eigenvalue weighted by atomic mass is 10.1. The molecular weight excluding hydrogens is 160 g/mol. The van der Waals surface area contributed by atoms with Gasteiger partial charge in [0.05, 0.1) is 11.4 Å². The number of nitrogens with one attached hydrogen (secondary N) is 2. The first kappa shape index (κ1) is 6.97. The molecule has 2 N–H and O–H groups in total. The molecule has 11 heavy (non-hydrogen) atoms. The van der Waals surface area contributed by atoms with E-state index in [2.05, 4.69) is 10.3 Å². The molecule has 0 aromatic rings. The minimum Gasteiger partial charge on any atom is -0.596 e. The van der Waals surface area contributed by atoms with E-state index in [1.54, 1.807) is 0 Å². The Morgan fingerprint density at radius 1 is 1.45 bits per heavy atom. The Hall–Kier alpha value is -0.710. The molecule has 0 saturated heterocycles. The molecule has 2 unspecified atom stereocenters. The monoisotopic (exact) mass is 168 g/mol. The van der Waals surface area contributed by atoms with Crippen LogP contribution in [0, 0.1) is 0 Å². The number of hydrazine groups is 1. The number of hydrogen-bond acceptors (Lipinski definition) is 3. The SMILES string of the molecule is [O-][S+]1NNC=C2C=CC=CC21. The fraction of sp³-hybridized carbons (Fsp3) is 0.143. The quantitative estimate of drug-likeness (QED) is 0.506. The van der Waals surface area contributed by atoms with Crippen molar-refractivity contribution < 1.29 is 4.55 Å². The molecule has 0 aromatic heterocycles. The second-order valence-corrected chi connectivity index (χ2v) is 3.66. The number of fused-ring (bicyclic) bond motifs is 1. The first-order chi connectivity index (χ1) is 5.38. The van der Waals surface area contributed by atoms with E-state index in [0.29, 0.717) is 0 Å². The van der Waals surface area contributed by atoms with Crippen LogP contribution in [0.5, 0.6) is 0 Å². The zero-order valence-electron chi connectivity index (χ0n) is 5.78. The molecule has 0 radical (unpaired) electrons. The van der Waals surface area contributed by atoms with Gasteiger partial charge in [0.1, 0.15) is 0 Å². The van der Waals surface area contributed by atoms with Gasteiger partial charge in [-0.15, -0.1) is 0 Å². The molecule has 0 spiro atoms. The Labute approximate surface area is 68.1 Å². The van der Waals surface area contributed by atoms with E-state index in [0.717, 1.165) is 5.57 Å². The average Bonchev–Trinajstić information content (AvgIpc) is 2.06. The molecular formula is C7H8N2OS. The molecule has 1 aliphatic carbocycles. The fourth-order valence-corrected chi connectivity index (χ4v) is 2.03. The van der Waals surface area contributed by atoms with Crippen molar-refractivity contribution in [2.45, 2.75) is 5.25 Å². The van der Waals surface area contributed by atoms with Crippen LogP contribution >= 0.6 is 0 Å². The van der Waals surface area contributed by atoms with Crippen molar-refractivity contribution in [2.24, 2.45) is 0 Å². The van der Waals surface area contributed by atoms with Crippen LogP contribution in [0.15, 0.2) is 36.1 Å². The van der Waals surface area contributed by atoms with Crippen LogP contribution in [0.4, 0.5) is 0 Å². The van der Waals surface area contributed by atoms with Crippen molar-refractivity contribution >= 4 is 11.4 Å². The standard InChI is InChI=1S/C7H8N2OS/c10-11-7-4-2-1-3-6(7)5-8-9-11/h1-5,7-9H. The predicted molar refractivity (Wildman–Crippen MR) is 44.6 cm³/mol. The predicted octanol–water partition coefficient (Wildman–Crippen LogP) is 0.136. The van der Waals surface area contributed by atoms with Crippen LogP contribution in [-0.4, -0.2) is 9.80 Å². The summed E-state index contributed by atoms with van der Waals surface area (Å²) >= 11 is -1.02. The van der Waals surface area contributed by atoms with Crippen molar-refractivity contribution in [1.29, 1.82) is 0 Å². The molecule has 2 atom stereocenters. The summed E-state index contributed by atoms with van der Waals surface area (Å²) in [7, 11) is 0. The van der Waals surface area contributed by atoms with Crippen LogP contribution in [0.2, 0.25) is 0 Å². The Morgan fingerprint density at radius 2 is 2.36 bits per heavy atom. The second-order valence-electron chi connectivity index (χ2n) is 2.35. The van der Waals surface area contributed by atoms with Gasteiger partial charge in [0, 0.05) is 11.8 Å². The van der Waals surface area contributed by atoms with Crippen LogP contribution in [0.3, 0.4) is 0 Å². The largest absolute Gasteiger partial charge is 0.596 e. The summed E-state index contributed by atoms with van der Waals surface area (Å²) in [5.74, 6) is 0. The van der Waals surface area contributed by atoms with Gasteiger partial charge in [0.15, 0.2) is 5.25 Å². The molecule has 0 amide bonds. The Morgan fingerprint density at radius 3 is 3.18 bits per heavy atom. The smallest absolute Gasteiger partial charge is 0.182 e. The maximum absolute atomic E-state index is 11.2. The summed E-state index contributed by atoms with van der Waals surface area (Å²) in [6, 6.07) is 0. The molecule has 58 valence electrons. The van der Waals surface area contributed by atoms with Crippen molar-refractivity contribution in [3.05, 3.63) is 36.1 Å². The van der Waals surface area contributed by atoms with E-state index in [4.69, 9.17) is 0 Å². The van der Waals surface area contributed by atoms with Gasteiger partial charge in [-0.05, 0) is 6.08 Å². The van der Waals surface area contributed by atoms with Crippen LogP contribution in [0.25, 0.3) is 0 Å². The fourth-order valence-electron chi connectivity index (χ4n) is 1.10. The highest BCUT2D eigenvalue weighted by Crippen LogP contribution is 2.19. The van der Waals surface area contributed by atoms with Gasteiger partial charge >= 0.3 is 0 Å². The van der Waals surface area contributed by atoms with Crippen molar-refractivity contribution in [3.8, 4) is 0 Å². The first-order valence-electron chi connectivity index (χ1n) is 3.34. The van der Waals surface area contributed by atoms with E-state index in [-0.39, 0.29) is 5.25 Å². The zero-order valence-corrected chi connectivity index (χ0v) is 6.60. The van der Waals surface area contributed by atoms with Crippen LogP contribution in [0.1, 0.15) is 0 Å². The molecule has 3 nitrogen and oxygen atoms in total. The number of hydrogen-bond donors (Lipinski definition) is 2. The minimum absolute atomic E-state index is 0.0150. The molecule has 1 heterocycles. The summed E-state index contributed by atoms with van der Waals surface area (Å²) in [6.45, 7) is 0. The second kappa shape index (κ2) is 2.73. The van der Waals surface area contributed by atoms with E-state index in [1.807, 2.05) is 30.5 Å². The Balaban J connectivity index is 2.29. The highest BCUT2D eigenvalue weighted by Gasteiger charge is 2.27. The van der Waals surface area contributed by atoms with E-state index in [1.165, 1.54) is 0 Å². The van der Waals surface area contributed by atoms with Gasteiger partial charge in [-0.25, -0.2) is 0 Å². The summed E-state index contributed by atoms with van der Waals surface area (Å²) in [6.07, 6.45) is 9.55. The van der Waals surface area contributed by atoms with E-state index < -0.39 is 11.4 Å². The van der Waals surface area contributed by atoms with Gasteiger partial charge in [-0.1, -0.05) is 23.1 Å². The topological polar surface area (TPSA) is 47.1 Å². The highest BCUT2D eigenvalue weighted by atomic mass is 32.2. The summed E-state index contributed by atoms with van der Waals surface area (Å²) in [4.78, 5) is 2.64. The van der Waals surface area contributed by atoms with Crippen LogP contribution in [-0.2, 0) is 11.4 Å². The van der Waals surface area contributed by atoms with Gasteiger partial charge in [-0.3, -0.25) is 5.43 Å². The molecule has 0 bridgehead atoms. The third kappa shape index (κ3) is 1.20. The van der Waals surface area contributed by atoms with Crippen molar-refractivity contribution in [3.63, 3.8) is 0 Å². The third-order valence-corrected chi connectivity index (χ3v) is 2.85. The molecule has 1 aliphatic heterocycles. The molecule has 0 aromatic carbocycles. The summed E-state index contributed by atoms with van der Waals surface area (Å²) in [5, 5.41) is 0.0150. The first-order valence-corrected chi connectivity index (χ1v) is 4.56. The summed E-state index contributed by atoms with van der Waals surface area (Å²) < 4.78 is 11.2. The van der Waals surface area contributed by atoms with Crippen molar-refractivity contribution in [2.75, 3.05) is 0 Å². The zero-order chi connectivity index (χ0) is 7.68. The van der Waals surface area contributed by atoms with E-state index in [9.17, 15) is 4.55 Å². The molecule has 0 saturated carbocycles. The minimum atomic E-state index is -1.02. The summed E-state index contributed by atoms with van der Waals surface area (Å²) in [5.41, 5.74) is 3.80. The third-order valence-electron chi connectivity index (χ3n) is 1.64. The maximum Gasteiger partial charge on any atom is 0.182 e. The number of rotatable bonds is 0. The number of allylic oxidation sites excluding steroid dienone is 3. The maximum atomic E-state index is 11.2. The lowest BCUT2D eigenvalue weighted by Crippen LogP contribution is -2.45. The Bertz CT molecular complexity index is 247. The van der Waals surface area contributed by atoms with Gasteiger partial charge in [0.2, 0.25) is 0 Å². The molecule has 4 heteroatoms. The molecule has 2 rings (SSSR count). The Kier molecular flexibility index (Phi) is 1.73.